The number of amides is 2. The number of benzene rings is 1. The lowest BCUT2D eigenvalue weighted by molar-refractivity contribution is -0.137. The summed E-state index contributed by atoms with van der Waals surface area (Å²) in [6.07, 6.45) is -2.49. The molecule has 10 nitrogen and oxygen atoms in total. The zero-order valence-electron chi connectivity index (χ0n) is 20.8. The van der Waals surface area contributed by atoms with Gasteiger partial charge in [-0.3, -0.25) is 10.2 Å². The van der Waals surface area contributed by atoms with Gasteiger partial charge in [-0.25, -0.2) is 28.1 Å². The SMILES string of the molecule is Nc1ncnn2c(CN3CCOCC3)c(CF)c(-c3ccc(NC(=O)Nc4cc(C(F)(F)F)ccn4)c(F)c3)c12. The monoisotopic (exact) mass is 562 g/mol. The number of carbonyl (C=O) groups excluding carboxylic acids is 1. The number of ether oxygens (including phenoxy) is 1. The Morgan fingerprint density at radius 3 is 2.58 bits per heavy atom. The Labute approximate surface area is 224 Å². The van der Waals surface area contributed by atoms with Crippen LogP contribution in [0.4, 0.5) is 44.1 Å². The predicted octanol–water partition coefficient (Wildman–Crippen LogP) is 4.48. The number of nitrogens with one attached hydrogen (secondary N) is 2. The molecule has 4 N–H and O–H groups in total. The fourth-order valence-electron chi connectivity index (χ4n) is 4.53. The smallest absolute Gasteiger partial charge is 0.382 e. The molecule has 4 aromatic rings. The number of carbonyl (C=O) groups is 1. The zero-order chi connectivity index (χ0) is 28.4. The van der Waals surface area contributed by atoms with E-state index in [1.807, 2.05) is 0 Å². The predicted molar refractivity (Wildman–Crippen MR) is 136 cm³/mol. The number of aromatic nitrogens is 4. The van der Waals surface area contributed by atoms with Crippen molar-refractivity contribution in [3.05, 3.63) is 65.5 Å². The van der Waals surface area contributed by atoms with Crippen molar-refractivity contribution in [2.75, 3.05) is 42.7 Å². The van der Waals surface area contributed by atoms with Crippen molar-refractivity contribution in [2.24, 2.45) is 0 Å². The molecule has 1 aliphatic rings. The van der Waals surface area contributed by atoms with Crippen molar-refractivity contribution in [3.8, 4) is 11.1 Å². The van der Waals surface area contributed by atoms with Gasteiger partial charge in [-0.15, -0.1) is 0 Å². The van der Waals surface area contributed by atoms with Crippen LogP contribution in [0.2, 0.25) is 0 Å². The molecule has 0 atom stereocenters. The molecule has 4 heterocycles. The second-order valence-electron chi connectivity index (χ2n) is 8.93. The molecule has 5 rings (SSSR count). The maximum atomic E-state index is 15.2. The van der Waals surface area contributed by atoms with Gasteiger partial charge in [0.15, 0.2) is 5.82 Å². The van der Waals surface area contributed by atoms with E-state index in [-0.39, 0.29) is 28.5 Å². The molecule has 0 spiro atoms. The van der Waals surface area contributed by atoms with Crippen LogP contribution in [-0.2, 0) is 24.1 Å². The highest BCUT2D eigenvalue weighted by molar-refractivity contribution is 5.99. The number of anilines is 3. The first-order valence-electron chi connectivity index (χ1n) is 12.1. The summed E-state index contributed by atoms with van der Waals surface area (Å²) >= 11 is 0. The average Bonchev–Trinajstić information content (AvgIpc) is 3.24. The van der Waals surface area contributed by atoms with Gasteiger partial charge in [0, 0.05) is 37.0 Å². The van der Waals surface area contributed by atoms with Crippen LogP contribution in [0.3, 0.4) is 0 Å². The molecule has 0 radical (unpaired) electrons. The molecule has 3 aromatic heterocycles. The van der Waals surface area contributed by atoms with Gasteiger partial charge in [0.25, 0.3) is 0 Å². The molecule has 0 aliphatic carbocycles. The van der Waals surface area contributed by atoms with Crippen LogP contribution >= 0.6 is 0 Å². The Morgan fingerprint density at radius 2 is 1.88 bits per heavy atom. The number of pyridine rings is 1. The molecule has 1 saturated heterocycles. The van der Waals surface area contributed by atoms with E-state index in [1.165, 1.54) is 23.0 Å². The largest absolute Gasteiger partial charge is 0.416 e. The van der Waals surface area contributed by atoms with Crippen molar-refractivity contribution in [3.63, 3.8) is 0 Å². The third kappa shape index (κ3) is 5.51. The number of nitrogens with two attached hydrogens (primary N) is 1. The lowest BCUT2D eigenvalue weighted by Gasteiger charge is -2.26. The Kier molecular flexibility index (Phi) is 7.49. The van der Waals surface area contributed by atoms with Gasteiger partial charge in [-0.05, 0) is 29.8 Å². The van der Waals surface area contributed by atoms with Crippen molar-refractivity contribution < 1.29 is 31.5 Å². The fourth-order valence-corrected chi connectivity index (χ4v) is 4.53. The van der Waals surface area contributed by atoms with Gasteiger partial charge in [-0.1, -0.05) is 6.07 Å². The minimum absolute atomic E-state index is 0.0727. The van der Waals surface area contributed by atoms with Crippen LogP contribution < -0.4 is 16.4 Å². The summed E-state index contributed by atoms with van der Waals surface area (Å²) in [5.74, 6) is -1.18. The molecule has 1 aliphatic heterocycles. The molecule has 210 valence electrons. The molecule has 0 bridgehead atoms. The molecular weight excluding hydrogens is 539 g/mol. The Morgan fingerprint density at radius 1 is 1.10 bits per heavy atom. The van der Waals surface area contributed by atoms with Gasteiger partial charge in [0.1, 0.15) is 30.2 Å². The summed E-state index contributed by atoms with van der Waals surface area (Å²) in [6.45, 7) is 1.83. The summed E-state index contributed by atoms with van der Waals surface area (Å²) in [5.41, 5.74) is 6.57. The highest BCUT2D eigenvalue weighted by Gasteiger charge is 2.31. The van der Waals surface area contributed by atoms with Crippen LogP contribution in [0.25, 0.3) is 16.6 Å². The van der Waals surface area contributed by atoms with Crippen LogP contribution in [0.5, 0.6) is 0 Å². The van der Waals surface area contributed by atoms with E-state index in [9.17, 15) is 22.4 Å². The first-order chi connectivity index (χ1) is 19.2. The molecule has 0 saturated carbocycles. The van der Waals surface area contributed by atoms with Crippen molar-refractivity contribution in [1.29, 1.82) is 0 Å². The minimum atomic E-state index is -4.63. The number of morpholine rings is 1. The summed E-state index contributed by atoms with van der Waals surface area (Å²) in [6, 6.07) is 4.19. The second kappa shape index (κ2) is 11.0. The van der Waals surface area contributed by atoms with E-state index >= 15 is 4.39 Å². The van der Waals surface area contributed by atoms with Crippen LogP contribution in [0.15, 0.2) is 42.9 Å². The number of fused-ring (bicyclic) bond motifs is 1. The van der Waals surface area contributed by atoms with Crippen molar-refractivity contribution >= 4 is 28.9 Å². The van der Waals surface area contributed by atoms with Crippen LogP contribution in [-0.4, -0.2) is 56.8 Å². The Balaban J connectivity index is 1.44. The molecular formula is C25H23F5N8O2. The van der Waals surface area contributed by atoms with Crippen LogP contribution in [0.1, 0.15) is 16.8 Å². The van der Waals surface area contributed by atoms with Crippen molar-refractivity contribution in [2.45, 2.75) is 19.4 Å². The number of nitrogen functional groups attached to an aromatic ring is 1. The number of hydrogen-bond donors (Lipinski definition) is 3. The van der Waals surface area contributed by atoms with E-state index in [0.717, 1.165) is 18.3 Å². The Bertz CT molecular complexity index is 1550. The van der Waals surface area contributed by atoms with E-state index in [1.54, 1.807) is 0 Å². The highest BCUT2D eigenvalue weighted by Crippen LogP contribution is 2.37. The molecule has 40 heavy (non-hydrogen) atoms. The number of urea groups is 1. The summed E-state index contributed by atoms with van der Waals surface area (Å²) in [7, 11) is 0. The molecule has 15 heteroatoms. The fraction of sp³-hybridized carbons (Fsp3) is 0.280. The summed E-state index contributed by atoms with van der Waals surface area (Å²) in [4.78, 5) is 22.1. The van der Waals surface area contributed by atoms with Gasteiger partial charge in [-0.2, -0.15) is 18.3 Å². The first kappa shape index (κ1) is 27.2. The quantitative estimate of drug-likeness (QED) is 0.296. The van der Waals surface area contributed by atoms with Crippen LogP contribution in [0, 0.1) is 5.82 Å². The zero-order valence-corrected chi connectivity index (χ0v) is 20.8. The third-order valence-corrected chi connectivity index (χ3v) is 6.41. The maximum absolute atomic E-state index is 15.2. The van der Waals surface area contributed by atoms with Crippen molar-refractivity contribution in [1.82, 2.24) is 24.5 Å². The second-order valence-corrected chi connectivity index (χ2v) is 8.93. The van der Waals surface area contributed by atoms with E-state index in [2.05, 4.69) is 30.6 Å². The number of alkyl halides is 4. The third-order valence-electron chi connectivity index (χ3n) is 6.41. The lowest BCUT2D eigenvalue weighted by atomic mass is 10.0. The van der Waals surface area contributed by atoms with Gasteiger partial charge >= 0.3 is 12.2 Å². The summed E-state index contributed by atoms with van der Waals surface area (Å²) < 4.78 is 75.4. The molecule has 0 unspecified atom stereocenters. The van der Waals surface area contributed by atoms with E-state index in [0.29, 0.717) is 55.7 Å². The topological polar surface area (TPSA) is 123 Å². The van der Waals surface area contributed by atoms with Gasteiger partial charge in [0.05, 0.1) is 30.2 Å². The molecule has 1 aromatic carbocycles. The van der Waals surface area contributed by atoms with Gasteiger partial charge in [0.2, 0.25) is 0 Å². The highest BCUT2D eigenvalue weighted by atomic mass is 19.4. The lowest BCUT2D eigenvalue weighted by Crippen LogP contribution is -2.36. The van der Waals surface area contributed by atoms with Gasteiger partial charge < -0.3 is 15.8 Å². The number of rotatable bonds is 6. The number of nitrogens with zero attached hydrogens (tertiary/aromatic N) is 5. The number of hydrogen-bond acceptors (Lipinski definition) is 7. The maximum Gasteiger partial charge on any atom is 0.416 e. The average molecular weight is 563 g/mol. The Hall–Kier alpha value is -4.37. The molecule has 2 amide bonds. The molecule has 1 fully saturated rings. The first-order valence-corrected chi connectivity index (χ1v) is 12.1. The standard InChI is InChI=1S/C25H23F5N8O2/c26-11-16-19(12-37-5-7-40-8-6-37)38-22(23(31)33-13-34-38)21(16)14-1-2-18(17(27)9-14)35-24(39)36-20-10-15(3-4-32-20)25(28,29)30/h1-4,9-10,13H,5-8,11-12H2,(H2,31,33,34)(H2,32,35,36,39). The minimum Gasteiger partial charge on any atom is -0.382 e. The van der Waals surface area contributed by atoms with E-state index in [4.69, 9.17) is 10.5 Å². The number of halogens is 5. The van der Waals surface area contributed by atoms with E-state index < -0.39 is 30.3 Å². The summed E-state index contributed by atoms with van der Waals surface area (Å²) in [5, 5.41) is 8.65. The normalized spacial score (nSPS) is 14.4.